The van der Waals surface area contributed by atoms with Gasteiger partial charge in [0.05, 0.1) is 43.8 Å². The van der Waals surface area contributed by atoms with Crippen molar-refractivity contribution >= 4 is 54.3 Å². The van der Waals surface area contributed by atoms with Crippen LogP contribution < -0.4 is 0 Å². The van der Waals surface area contributed by atoms with Gasteiger partial charge in [0, 0.05) is 54.9 Å². The highest BCUT2D eigenvalue weighted by Crippen LogP contribution is 2.72. The number of aliphatic hydroxyl groups is 2. The maximum atomic E-state index is 12.3. The molecule has 0 unspecified atom stereocenters. The van der Waals surface area contributed by atoms with Gasteiger partial charge in [0.15, 0.2) is 103 Å². The quantitative estimate of drug-likeness (QED) is 0.0515. The lowest BCUT2D eigenvalue weighted by Gasteiger charge is -2.26. The molecule has 412 valence electrons. The minimum atomic E-state index is -4.03. The molecule has 30 N–H and O–H groups in total. The number of phenolic OH excluding ortho intramolecular Hbond substituents is 28. The average Bonchev–Trinajstić information content (AvgIpc) is 3.42. The summed E-state index contributed by atoms with van der Waals surface area (Å²) >= 11 is 0. The second kappa shape index (κ2) is 15.0. The van der Waals surface area contributed by atoms with Crippen molar-refractivity contribution in [2.24, 2.45) is 0 Å². The maximum Gasteiger partial charge on any atom is 0.223 e. The molecule has 1 aliphatic rings. The minimum Gasteiger partial charge on any atom is -0.506 e. The fourth-order valence-electron chi connectivity index (χ4n) is 10.6. The number of hydrogen-bond acceptors (Lipinski definition) is 31. The van der Waals surface area contributed by atoms with Gasteiger partial charge in [-0.3, -0.25) is 0 Å². The Morgan fingerprint density at radius 3 is 0.800 bits per heavy atom. The topological polar surface area (TPSA) is 620 Å². The molecule has 10 aromatic rings. The highest BCUT2D eigenvalue weighted by atomic mass is 16.5. The molecule has 80 heavy (non-hydrogen) atoms. The Labute approximate surface area is 433 Å². The molecule has 1 aliphatic carbocycles. The average molecular weight is 1110 g/mol. The number of fused-ring (bicyclic) bond motifs is 9. The summed E-state index contributed by atoms with van der Waals surface area (Å²) in [4.78, 5) is 0. The molecule has 0 saturated carbocycles. The van der Waals surface area contributed by atoms with Gasteiger partial charge in [-0.2, -0.15) is 0 Å². The fourth-order valence-corrected chi connectivity index (χ4v) is 10.6. The Hall–Kier alpha value is -12.1. The molecule has 31 heteroatoms. The van der Waals surface area contributed by atoms with Crippen LogP contribution in [0.3, 0.4) is 0 Å². The van der Waals surface area contributed by atoms with E-state index in [1.54, 1.807) is 0 Å². The van der Waals surface area contributed by atoms with E-state index in [1.165, 1.54) is 0 Å². The predicted octanol–water partition coefficient (Wildman–Crippen LogP) is 3.97. The molecule has 0 amide bonds. The van der Waals surface area contributed by atoms with Crippen LogP contribution in [0.1, 0.15) is 11.1 Å². The van der Waals surface area contributed by atoms with Crippen molar-refractivity contribution in [2.45, 2.75) is 5.79 Å². The number of hydrogen-bond donors (Lipinski definition) is 30. The second-order valence-electron chi connectivity index (χ2n) is 17.9. The number of rotatable bonds is 3. The number of benzene rings is 9. The first-order valence-electron chi connectivity index (χ1n) is 21.6. The predicted molar refractivity (Wildman–Crippen MR) is 260 cm³/mol. The van der Waals surface area contributed by atoms with Crippen molar-refractivity contribution in [2.75, 3.05) is 0 Å². The van der Waals surface area contributed by atoms with Crippen LogP contribution in [0.2, 0.25) is 0 Å². The molecule has 31 nitrogen and oxygen atoms in total. The summed E-state index contributed by atoms with van der Waals surface area (Å²) in [5.41, 5.74) is -17.3. The third-order valence-electron chi connectivity index (χ3n) is 14.1. The van der Waals surface area contributed by atoms with Gasteiger partial charge in [-0.1, -0.05) is 0 Å². The molecule has 0 atom stereocenters. The lowest BCUT2D eigenvalue weighted by Crippen LogP contribution is -2.24. The molecule has 1 heterocycles. The Kier molecular flexibility index (Phi) is 9.42. The molecule has 0 saturated heterocycles. The Balaban J connectivity index is 1.34. The number of aromatic hydroxyl groups is 28. The van der Waals surface area contributed by atoms with Crippen molar-refractivity contribution in [3.63, 3.8) is 0 Å². The van der Waals surface area contributed by atoms with E-state index in [1.807, 2.05) is 0 Å². The SMILES string of the molecule is Oc1c(O)c(O)c2c(c1O)-c1c(O)c(O)c(O)c(-c3c(O)c(O)c(-c4c5c(O)c(O)c(O)c(O)c5c(-c5c(O)c(O)c6oc7c(O)c8c(O)c(O)c(O)c(O)c8c(O)c7c6c5O)c5c(O)c(O)c(O)c(O)c45)c(O)c3O)c1C2(O)O. The van der Waals surface area contributed by atoms with Gasteiger partial charge >= 0.3 is 0 Å². The van der Waals surface area contributed by atoms with Gasteiger partial charge in [-0.05, 0) is 0 Å². The van der Waals surface area contributed by atoms with E-state index in [9.17, 15) is 153 Å². The van der Waals surface area contributed by atoms with Crippen molar-refractivity contribution < 1.29 is 158 Å². The molecular weight excluding hydrogens is 1080 g/mol. The zero-order valence-corrected chi connectivity index (χ0v) is 38.3. The first-order valence-corrected chi connectivity index (χ1v) is 21.6. The highest BCUT2D eigenvalue weighted by molar-refractivity contribution is 6.33. The minimum absolute atomic E-state index is 1.06. The smallest absolute Gasteiger partial charge is 0.223 e. The first kappa shape index (κ1) is 50.1. The van der Waals surface area contributed by atoms with Crippen LogP contribution in [0, 0.1) is 0 Å². The summed E-state index contributed by atoms with van der Waals surface area (Å²) in [5.74, 6) is -52.1. The van der Waals surface area contributed by atoms with Crippen molar-refractivity contribution in [3.05, 3.63) is 11.1 Å². The third-order valence-corrected chi connectivity index (χ3v) is 14.1. The van der Waals surface area contributed by atoms with Gasteiger partial charge in [0.25, 0.3) is 0 Å². The van der Waals surface area contributed by atoms with Gasteiger partial charge in [0.1, 0.15) is 11.5 Å². The van der Waals surface area contributed by atoms with Crippen molar-refractivity contribution in [1.29, 1.82) is 0 Å². The lowest BCUT2D eigenvalue weighted by molar-refractivity contribution is -0.129. The second-order valence-corrected chi connectivity index (χ2v) is 17.9. The molecule has 1 aromatic heterocycles. The van der Waals surface area contributed by atoms with E-state index in [2.05, 4.69) is 0 Å². The van der Waals surface area contributed by atoms with E-state index in [0.29, 0.717) is 0 Å². The summed E-state index contributed by atoms with van der Waals surface area (Å²) < 4.78 is 5.45. The van der Waals surface area contributed by atoms with E-state index >= 15 is 0 Å². The lowest BCUT2D eigenvalue weighted by atomic mass is 9.81. The van der Waals surface area contributed by atoms with Crippen LogP contribution in [0.4, 0.5) is 0 Å². The molecule has 0 bridgehead atoms. The molecule has 9 aromatic carbocycles. The third kappa shape index (κ3) is 5.34. The van der Waals surface area contributed by atoms with E-state index in [-0.39, 0.29) is 0 Å². The molecule has 0 spiro atoms. The normalized spacial score (nSPS) is 12.9. The fraction of sp³-hybridized carbons (Fsp3) is 0.0204. The summed E-state index contributed by atoms with van der Waals surface area (Å²) in [6.07, 6.45) is 0. The van der Waals surface area contributed by atoms with Crippen LogP contribution in [0.5, 0.6) is 161 Å². The maximum absolute atomic E-state index is 12.3. The van der Waals surface area contributed by atoms with E-state index < -0.39 is 277 Å². The zero-order chi connectivity index (χ0) is 58.9. The molecule has 0 radical (unpaired) electrons. The van der Waals surface area contributed by atoms with E-state index in [4.69, 9.17) is 4.42 Å². The summed E-state index contributed by atoms with van der Waals surface area (Å²) in [7, 11) is 0. The molecular formula is C49H30O31. The monoisotopic (exact) mass is 1110 g/mol. The highest BCUT2D eigenvalue weighted by Gasteiger charge is 2.53. The molecule has 11 rings (SSSR count). The van der Waals surface area contributed by atoms with Crippen LogP contribution in [-0.4, -0.2) is 153 Å². The van der Waals surface area contributed by atoms with Crippen LogP contribution in [0.15, 0.2) is 4.42 Å². The van der Waals surface area contributed by atoms with Gasteiger partial charge in [-0.15, -0.1) is 0 Å². The Bertz CT molecular complexity index is 4590. The summed E-state index contributed by atoms with van der Waals surface area (Å²) in [6.45, 7) is 0. The largest absolute Gasteiger partial charge is 0.506 e. The summed E-state index contributed by atoms with van der Waals surface area (Å²) in [5, 5.41) is 329. The van der Waals surface area contributed by atoms with Crippen molar-refractivity contribution in [3.8, 4) is 205 Å². The van der Waals surface area contributed by atoms with Gasteiger partial charge < -0.3 is 158 Å². The van der Waals surface area contributed by atoms with Crippen molar-refractivity contribution in [1.82, 2.24) is 0 Å². The Morgan fingerprint density at radius 1 is 0.163 bits per heavy atom. The van der Waals surface area contributed by atoms with E-state index in [0.717, 1.165) is 0 Å². The zero-order valence-electron chi connectivity index (χ0n) is 38.3. The van der Waals surface area contributed by atoms with Gasteiger partial charge in [-0.25, -0.2) is 0 Å². The standard InChI is InChI=1S/C49H30O31/c50-19-10(34(65)46(77)48-16(19)15-20(51)13-14(35(66)47(15)80-48)33(64)44(75)43(74)32(13)63)1-3-5(23(54)40(71)38(69)21(3)52)2(6-4(1)22(53)39(70)41(72)24(6)55)11-28(59)30(61)12(31(62)29(11)60)9-17-7(25(56)37(68)27(9)58)8-18(49(17,78)79)36(67)45(76)42(73)26(8)57/h50-79H. The summed E-state index contributed by atoms with van der Waals surface area (Å²) in [6, 6.07) is 0. The number of furan rings is 1. The number of phenols is 28. The van der Waals surface area contributed by atoms with Crippen LogP contribution >= 0.6 is 0 Å². The van der Waals surface area contributed by atoms with Gasteiger partial charge in [0.2, 0.25) is 63.3 Å². The molecule has 0 fully saturated rings. The van der Waals surface area contributed by atoms with Crippen LogP contribution in [0.25, 0.3) is 98.8 Å². The molecule has 0 aliphatic heterocycles. The Morgan fingerprint density at radius 2 is 0.400 bits per heavy atom. The first-order chi connectivity index (χ1) is 37.2. The van der Waals surface area contributed by atoms with Crippen LogP contribution in [-0.2, 0) is 5.79 Å².